The molecule has 0 aliphatic carbocycles. The zero-order chi connectivity index (χ0) is 52.7. The van der Waals surface area contributed by atoms with Crippen molar-refractivity contribution >= 4 is 67.5 Å². The predicted molar refractivity (Wildman–Crippen MR) is 304 cm³/mol. The van der Waals surface area contributed by atoms with Gasteiger partial charge in [0.25, 0.3) is 0 Å². The topological polar surface area (TPSA) is 68.3 Å². The molecule has 0 aliphatic heterocycles. The van der Waals surface area contributed by atoms with Crippen LogP contribution in [0.3, 0.4) is 0 Å². The maximum absolute atomic E-state index is 12.0. The number of quaternary nitrogens is 4. The van der Waals surface area contributed by atoms with E-state index in [0.29, 0.717) is 20.5 Å². The van der Waals surface area contributed by atoms with Gasteiger partial charge in [-0.15, -0.1) is 0 Å². The van der Waals surface area contributed by atoms with Gasteiger partial charge in [-0.25, -0.2) is 0 Å². The fourth-order valence-corrected chi connectivity index (χ4v) is 11.5. The molecule has 0 heterocycles. The van der Waals surface area contributed by atoms with Gasteiger partial charge in [0.2, 0.25) is 0 Å². The summed E-state index contributed by atoms with van der Waals surface area (Å²) >= 11 is 6.01. The fraction of sp³-hybridized carbons (Fsp3) is 0.926. The van der Waals surface area contributed by atoms with Crippen LogP contribution in [0.25, 0.3) is 0 Å². The monoisotopic (exact) mass is 1010 g/mol. The molecule has 0 amide bonds. The maximum atomic E-state index is 12.0. The normalized spacial score (nSPS) is 13.6. The Labute approximate surface area is 430 Å². The number of unbranched alkanes of at least 4 members (excludes halogenated alkanes) is 1. The largest absolute Gasteiger partial charge is 0.330 e. The lowest BCUT2D eigenvalue weighted by Crippen LogP contribution is -2.50. The van der Waals surface area contributed by atoms with Crippen molar-refractivity contribution in [1.29, 1.82) is 0 Å². The van der Waals surface area contributed by atoms with Crippen LogP contribution in [0.5, 0.6) is 0 Å². The third-order valence-corrected chi connectivity index (χ3v) is 17.3. The molecule has 0 radical (unpaired) electrons. The minimum Gasteiger partial charge on any atom is -0.330 e. The first kappa shape index (κ1) is 72.5. The summed E-state index contributed by atoms with van der Waals surface area (Å²) in [7, 11) is 6.42. The van der Waals surface area contributed by atoms with Crippen molar-refractivity contribution in [2.24, 2.45) is 21.7 Å². The van der Waals surface area contributed by atoms with Gasteiger partial charge >= 0.3 is 0 Å². The molecule has 0 aliphatic rings. The molecule has 0 saturated carbocycles. The van der Waals surface area contributed by atoms with Crippen LogP contribution in [0, 0.1) is 21.7 Å². The second kappa shape index (κ2) is 35.9. The predicted octanol–water partition coefficient (Wildman–Crippen LogP) is 13.5. The molecule has 0 N–H and O–H groups in total. The van der Waals surface area contributed by atoms with E-state index in [1.54, 1.807) is 0 Å². The molecule has 396 valence electrons. The van der Waals surface area contributed by atoms with Crippen LogP contribution < -0.4 is 0 Å². The summed E-state index contributed by atoms with van der Waals surface area (Å²) in [6.45, 7) is 59.5. The third-order valence-electron chi connectivity index (χ3n) is 12.3. The molecule has 0 aromatic heterocycles. The second-order valence-electron chi connectivity index (χ2n) is 23.6. The summed E-state index contributed by atoms with van der Waals surface area (Å²) in [5, 5.41) is 1.26. The number of hydrogen-bond acceptors (Lipinski definition) is 8. The molecular formula is C54H116N4O4S4+4. The van der Waals surface area contributed by atoms with Crippen molar-refractivity contribution in [2.75, 3.05) is 129 Å². The second-order valence-corrected chi connectivity index (χ2v) is 27.9. The molecule has 0 aromatic rings. The van der Waals surface area contributed by atoms with Gasteiger partial charge in [0, 0.05) is 21.7 Å². The van der Waals surface area contributed by atoms with E-state index in [1.165, 1.54) is 127 Å². The van der Waals surface area contributed by atoms with E-state index in [1.807, 2.05) is 83.1 Å². The Morgan fingerprint density at radius 3 is 0.742 bits per heavy atom. The summed E-state index contributed by atoms with van der Waals surface area (Å²) in [5.41, 5.74) is -0.816. The van der Waals surface area contributed by atoms with Gasteiger partial charge < -0.3 is 17.9 Å². The smallest absolute Gasteiger partial charge is 0.194 e. The van der Waals surface area contributed by atoms with Crippen LogP contribution >= 0.6 is 47.0 Å². The summed E-state index contributed by atoms with van der Waals surface area (Å²) < 4.78 is 4.42. The van der Waals surface area contributed by atoms with Crippen LogP contribution in [-0.2, 0) is 19.2 Å². The Morgan fingerprint density at radius 2 is 0.545 bits per heavy atom. The van der Waals surface area contributed by atoms with Crippen LogP contribution in [0.2, 0.25) is 0 Å². The average Bonchev–Trinajstić information content (AvgIpc) is 3.20. The minimum absolute atomic E-state index is 0.199. The number of carbonyl (C=O) groups excluding carboxylic acids is 4. The third kappa shape index (κ3) is 35.9. The number of thioether (sulfide) groups is 4. The zero-order valence-electron chi connectivity index (χ0n) is 48.6. The maximum Gasteiger partial charge on any atom is 0.194 e. The van der Waals surface area contributed by atoms with Gasteiger partial charge in [-0.3, -0.25) is 19.2 Å². The van der Waals surface area contributed by atoms with Crippen molar-refractivity contribution in [3.05, 3.63) is 0 Å². The Hall–Kier alpha value is -0.0800. The van der Waals surface area contributed by atoms with Crippen molar-refractivity contribution in [3.63, 3.8) is 0 Å². The van der Waals surface area contributed by atoms with E-state index in [4.69, 9.17) is 0 Å². The Bertz CT molecular complexity index is 1270. The molecular weight excluding hydrogens is 897 g/mol. The molecule has 8 nitrogen and oxygen atoms in total. The van der Waals surface area contributed by atoms with Gasteiger partial charge in [-0.1, -0.05) is 164 Å². The lowest BCUT2D eigenvalue weighted by Gasteiger charge is -2.38. The standard InChI is InChI=1S/C16H34NOS.C15H32NOS.C13H28NOS.C10H22NOS/c1-7-10-12-17(9-3,11-8-2)13-14-19-15(18)16(4,5)6;1-7-10-16(9-3,11-8-2)12-13-18-14(17)15(4,5)6;1-7-14(8-2,9-3)10-11-16-12(15)13(4,5)6;1-10(2,3)9(12)13-8-7-11(4,5)6/h7-14H2,1-6H3;7-13H2,1-6H3;7-11H2,1-6H3;7-8H2,1-6H3/q4*+1. The highest BCUT2D eigenvalue weighted by molar-refractivity contribution is 8.14. The van der Waals surface area contributed by atoms with Crippen molar-refractivity contribution in [2.45, 2.75) is 178 Å². The highest BCUT2D eigenvalue weighted by atomic mass is 32.2. The first-order valence-corrected chi connectivity index (χ1v) is 30.0. The first-order valence-electron chi connectivity index (χ1n) is 26.1. The van der Waals surface area contributed by atoms with E-state index in [2.05, 4.69) is 83.5 Å². The summed E-state index contributed by atoms with van der Waals surface area (Å²) in [4.78, 5) is 47.2. The summed E-state index contributed by atoms with van der Waals surface area (Å²) in [6.07, 6.45) is 6.25. The van der Waals surface area contributed by atoms with Gasteiger partial charge in [0.05, 0.1) is 129 Å². The highest BCUT2D eigenvalue weighted by Crippen LogP contribution is 2.26. The van der Waals surface area contributed by atoms with Crippen LogP contribution in [-0.4, -0.2) is 168 Å². The van der Waals surface area contributed by atoms with Gasteiger partial charge in [0.15, 0.2) is 20.5 Å². The van der Waals surface area contributed by atoms with E-state index in [0.717, 1.165) is 77.8 Å². The van der Waals surface area contributed by atoms with Gasteiger partial charge in [-0.2, -0.15) is 0 Å². The molecule has 0 aromatic carbocycles. The lowest BCUT2D eigenvalue weighted by atomic mass is 9.99. The van der Waals surface area contributed by atoms with Crippen LogP contribution in [0.4, 0.5) is 0 Å². The molecule has 0 spiro atoms. The van der Waals surface area contributed by atoms with Gasteiger partial charge in [-0.05, 0) is 60.3 Å². The number of hydrogen-bond donors (Lipinski definition) is 0. The highest BCUT2D eigenvalue weighted by Gasteiger charge is 2.29. The molecule has 1 unspecified atom stereocenters. The molecule has 66 heavy (non-hydrogen) atoms. The summed E-state index contributed by atoms with van der Waals surface area (Å²) in [6, 6.07) is 0. The van der Waals surface area contributed by atoms with Crippen LogP contribution in [0.1, 0.15) is 178 Å². The van der Waals surface area contributed by atoms with Crippen molar-refractivity contribution < 1.29 is 37.1 Å². The van der Waals surface area contributed by atoms with Crippen molar-refractivity contribution in [1.82, 2.24) is 0 Å². The lowest BCUT2D eigenvalue weighted by molar-refractivity contribution is -0.924. The Kier molecular flexibility index (Phi) is 39.4. The number of carbonyl (C=O) groups is 4. The van der Waals surface area contributed by atoms with Crippen molar-refractivity contribution in [3.8, 4) is 0 Å². The minimum atomic E-state index is -0.208. The molecule has 1 atom stereocenters. The Morgan fingerprint density at radius 1 is 0.318 bits per heavy atom. The quantitative estimate of drug-likeness (QED) is 0.0794. The van der Waals surface area contributed by atoms with Gasteiger partial charge in [0.1, 0.15) is 0 Å². The van der Waals surface area contributed by atoms with E-state index >= 15 is 0 Å². The van der Waals surface area contributed by atoms with E-state index in [9.17, 15) is 19.2 Å². The van der Waals surface area contributed by atoms with E-state index < -0.39 is 0 Å². The molecule has 0 fully saturated rings. The fourth-order valence-electron chi connectivity index (χ4n) is 6.96. The number of nitrogens with zero attached hydrogens (tertiary/aromatic N) is 4. The first-order chi connectivity index (χ1) is 30.1. The molecule has 0 saturated heterocycles. The Balaban J connectivity index is -0.000000392. The summed E-state index contributed by atoms with van der Waals surface area (Å²) in [5.74, 6) is 3.79. The van der Waals surface area contributed by atoms with E-state index in [-0.39, 0.29) is 21.7 Å². The number of rotatable bonds is 26. The van der Waals surface area contributed by atoms with Crippen LogP contribution in [0.15, 0.2) is 0 Å². The molecule has 0 rings (SSSR count). The zero-order valence-corrected chi connectivity index (χ0v) is 51.9. The SMILES string of the molecule is CC(C)(C)C(=O)SCC[N+](C)(C)C.CCCC[N+](CC)(CCC)CCSC(=O)C(C)(C)C.CCC[N+](CC)(CCC)CCSC(=O)C(C)(C)C.CC[N+](CC)(CC)CCSC(=O)C(C)(C)C. The molecule has 12 heteroatoms. The molecule has 0 bridgehead atoms. The average molecular weight is 1010 g/mol.